The highest BCUT2D eigenvalue weighted by Gasteiger charge is 2.07. The van der Waals surface area contributed by atoms with Gasteiger partial charge in [-0.25, -0.2) is 4.39 Å². The number of benzene rings is 1. The fourth-order valence-corrected chi connectivity index (χ4v) is 2.21. The smallest absolute Gasteiger partial charge is 0.284 e. The number of thioether (sulfide) groups is 1. The Bertz CT molecular complexity index is 551. The van der Waals surface area contributed by atoms with Crippen LogP contribution in [0.25, 0.3) is 0 Å². The predicted molar refractivity (Wildman–Crippen MR) is 74.5 cm³/mol. The average Bonchev–Trinajstić information content (AvgIpc) is 2.81. The molecule has 0 unspecified atom stereocenters. The summed E-state index contributed by atoms with van der Waals surface area (Å²) in [4.78, 5) is 0. The number of hydrogen-bond acceptors (Lipinski definition) is 3. The normalized spacial score (nSPS) is 11.1. The van der Waals surface area contributed by atoms with Crippen LogP contribution in [-0.2, 0) is 12.3 Å². The van der Waals surface area contributed by atoms with E-state index in [9.17, 15) is 13.2 Å². The van der Waals surface area contributed by atoms with Crippen LogP contribution in [0.4, 0.5) is 18.9 Å². The Morgan fingerprint density at radius 1 is 1.20 bits per heavy atom. The summed E-state index contributed by atoms with van der Waals surface area (Å²) in [6.45, 7) is 2.18. The summed E-state index contributed by atoms with van der Waals surface area (Å²) < 4.78 is 42.7. The van der Waals surface area contributed by atoms with Crippen LogP contribution in [0, 0.1) is 12.7 Å². The van der Waals surface area contributed by atoms with Gasteiger partial charge in [-0.3, -0.25) is 0 Å². The Labute approximate surface area is 119 Å². The summed E-state index contributed by atoms with van der Waals surface area (Å²) in [7, 11) is 0. The Hall–Kier alpha value is -1.56. The largest absolute Gasteiger partial charge is 0.463 e. The molecule has 0 aliphatic rings. The number of alkyl halides is 2. The number of nitrogens with one attached hydrogen (secondary N) is 1. The van der Waals surface area contributed by atoms with Gasteiger partial charge in [0, 0.05) is 5.69 Å². The molecule has 0 saturated carbocycles. The molecule has 0 aliphatic heterocycles. The molecule has 2 aromatic rings. The van der Waals surface area contributed by atoms with Crippen LogP contribution < -0.4 is 5.32 Å². The Kier molecular flexibility index (Phi) is 5.00. The molecule has 0 radical (unpaired) electrons. The standard InChI is InChI=1S/C14H14F3NOS/c1-9-4-10(15)6-11(5-9)18-7-12-2-3-13(19-12)8-20-14(16)17/h2-6,14,18H,7-8H2,1H3. The van der Waals surface area contributed by atoms with Crippen molar-refractivity contribution in [1.82, 2.24) is 0 Å². The molecule has 108 valence electrons. The monoisotopic (exact) mass is 301 g/mol. The number of aryl methyl sites for hydroxylation is 1. The van der Waals surface area contributed by atoms with Gasteiger partial charge in [0.25, 0.3) is 5.76 Å². The van der Waals surface area contributed by atoms with Gasteiger partial charge >= 0.3 is 0 Å². The number of halogens is 3. The van der Waals surface area contributed by atoms with E-state index >= 15 is 0 Å². The minimum atomic E-state index is -2.41. The third-order valence-electron chi connectivity index (χ3n) is 2.58. The first kappa shape index (κ1) is 14.8. The predicted octanol–water partition coefficient (Wildman–Crippen LogP) is 4.80. The second kappa shape index (κ2) is 6.74. The second-order valence-corrected chi connectivity index (χ2v) is 5.29. The van der Waals surface area contributed by atoms with Crippen molar-refractivity contribution in [2.45, 2.75) is 25.0 Å². The highest BCUT2D eigenvalue weighted by molar-refractivity contribution is 7.98. The third-order valence-corrected chi connectivity index (χ3v) is 3.28. The van der Waals surface area contributed by atoms with E-state index in [1.54, 1.807) is 19.1 Å². The van der Waals surface area contributed by atoms with Crippen molar-refractivity contribution in [3.63, 3.8) is 0 Å². The Morgan fingerprint density at radius 3 is 2.65 bits per heavy atom. The van der Waals surface area contributed by atoms with Gasteiger partial charge in [-0.1, -0.05) is 11.8 Å². The fraction of sp³-hybridized carbons (Fsp3) is 0.286. The maximum absolute atomic E-state index is 13.2. The highest BCUT2D eigenvalue weighted by Crippen LogP contribution is 2.22. The summed E-state index contributed by atoms with van der Waals surface area (Å²) in [5.41, 5.74) is 1.48. The minimum Gasteiger partial charge on any atom is -0.463 e. The van der Waals surface area contributed by atoms with Crippen LogP contribution in [0.5, 0.6) is 0 Å². The number of hydrogen-bond donors (Lipinski definition) is 1. The average molecular weight is 301 g/mol. The zero-order valence-corrected chi connectivity index (χ0v) is 11.6. The van der Waals surface area contributed by atoms with Crippen molar-refractivity contribution in [1.29, 1.82) is 0 Å². The van der Waals surface area contributed by atoms with E-state index in [-0.39, 0.29) is 11.6 Å². The van der Waals surface area contributed by atoms with E-state index in [0.717, 1.165) is 5.56 Å². The topological polar surface area (TPSA) is 25.2 Å². The van der Waals surface area contributed by atoms with Crippen LogP contribution >= 0.6 is 11.8 Å². The van der Waals surface area contributed by atoms with Crippen molar-refractivity contribution in [3.8, 4) is 0 Å². The zero-order valence-electron chi connectivity index (χ0n) is 10.8. The molecule has 0 fully saturated rings. The summed E-state index contributed by atoms with van der Waals surface area (Å²) in [5.74, 6) is -1.45. The molecule has 1 aromatic heterocycles. The molecular weight excluding hydrogens is 287 g/mol. The summed E-state index contributed by atoms with van der Waals surface area (Å²) in [6, 6.07) is 8.05. The van der Waals surface area contributed by atoms with Gasteiger partial charge in [0.05, 0.1) is 12.3 Å². The summed E-state index contributed by atoms with van der Waals surface area (Å²) >= 11 is 0.519. The molecular formula is C14H14F3NOS. The van der Waals surface area contributed by atoms with Crippen LogP contribution in [0.2, 0.25) is 0 Å². The van der Waals surface area contributed by atoms with E-state index in [4.69, 9.17) is 4.42 Å². The van der Waals surface area contributed by atoms with Crippen LogP contribution in [0.3, 0.4) is 0 Å². The van der Waals surface area contributed by atoms with E-state index in [1.807, 2.05) is 6.07 Å². The molecule has 0 aliphatic carbocycles. The van der Waals surface area contributed by atoms with Crippen LogP contribution in [-0.4, -0.2) is 5.76 Å². The maximum atomic E-state index is 13.2. The molecule has 1 aromatic carbocycles. The number of furan rings is 1. The first-order valence-corrected chi connectivity index (χ1v) is 7.06. The van der Waals surface area contributed by atoms with Gasteiger partial charge in [0.1, 0.15) is 17.3 Å². The molecule has 2 nitrogen and oxygen atoms in total. The lowest BCUT2D eigenvalue weighted by atomic mass is 10.2. The lowest BCUT2D eigenvalue weighted by Gasteiger charge is -2.06. The maximum Gasteiger partial charge on any atom is 0.284 e. The third kappa shape index (κ3) is 4.52. The lowest BCUT2D eigenvalue weighted by molar-refractivity contribution is 0.251. The van der Waals surface area contributed by atoms with Gasteiger partial charge in [0.15, 0.2) is 0 Å². The first-order valence-electron chi connectivity index (χ1n) is 6.01. The Balaban J connectivity index is 1.90. The van der Waals surface area contributed by atoms with E-state index in [2.05, 4.69) is 5.32 Å². The molecule has 1 heterocycles. The molecule has 0 spiro atoms. The summed E-state index contributed by atoms with van der Waals surface area (Å²) in [5, 5.41) is 3.03. The van der Waals surface area contributed by atoms with E-state index < -0.39 is 5.76 Å². The number of anilines is 1. The van der Waals surface area contributed by atoms with Crippen LogP contribution in [0.1, 0.15) is 17.1 Å². The molecule has 20 heavy (non-hydrogen) atoms. The van der Waals surface area contributed by atoms with Gasteiger partial charge in [-0.15, -0.1) is 0 Å². The van der Waals surface area contributed by atoms with E-state index in [1.165, 1.54) is 12.1 Å². The first-order chi connectivity index (χ1) is 9.52. The van der Waals surface area contributed by atoms with Gasteiger partial charge < -0.3 is 9.73 Å². The van der Waals surface area contributed by atoms with Gasteiger partial charge in [-0.05, 0) is 42.8 Å². The van der Waals surface area contributed by atoms with E-state index in [0.29, 0.717) is 35.5 Å². The van der Waals surface area contributed by atoms with Crippen LogP contribution in [0.15, 0.2) is 34.7 Å². The molecule has 1 N–H and O–H groups in total. The molecule has 6 heteroatoms. The molecule has 0 bridgehead atoms. The van der Waals surface area contributed by atoms with Crippen molar-refractivity contribution >= 4 is 17.4 Å². The molecule has 0 atom stereocenters. The SMILES string of the molecule is Cc1cc(F)cc(NCc2ccc(CSC(F)F)o2)c1. The van der Waals surface area contributed by atoms with Gasteiger partial charge in [0.2, 0.25) is 0 Å². The molecule has 0 amide bonds. The zero-order chi connectivity index (χ0) is 14.5. The minimum absolute atomic E-state index is 0.136. The fourth-order valence-electron chi connectivity index (χ4n) is 1.77. The lowest BCUT2D eigenvalue weighted by Crippen LogP contribution is -1.99. The quantitative estimate of drug-likeness (QED) is 0.830. The van der Waals surface area contributed by atoms with Crippen molar-refractivity contribution in [3.05, 3.63) is 53.2 Å². The van der Waals surface area contributed by atoms with Crippen molar-refractivity contribution < 1.29 is 17.6 Å². The van der Waals surface area contributed by atoms with Crippen molar-refractivity contribution in [2.75, 3.05) is 5.32 Å². The van der Waals surface area contributed by atoms with Gasteiger partial charge in [-0.2, -0.15) is 8.78 Å². The summed E-state index contributed by atoms with van der Waals surface area (Å²) in [6.07, 6.45) is 0. The Morgan fingerprint density at radius 2 is 1.95 bits per heavy atom. The second-order valence-electron chi connectivity index (χ2n) is 4.31. The highest BCUT2D eigenvalue weighted by atomic mass is 32.2. The molecule has 2 rings (SSSR count). The van der Waals surface area contributed by atoms with Crippen molar-refractivity contribution in [2.24, 2.45) is 0 Å². The molecule has 0 saturated heterocycles. The number of rotatable bonds is 6.